The standard InChI is InChI=1S/C25H29N3O4/c1-3-32-24(31)18-8-10-20(11-9-18)28-22-12-7-17(15-29)14-21(22)26-25(28)27-23(30)19-6-4-5-16(2)13-19/h4-7,12-14,18,20,29H,3,8-11,15H2,1-2H3,(H,26,27,30). The predicted molar refractivity (Wildman–Crippen MR) is 122 cm³/mol. The second-order valence-electron chi connectivity index (χ2n) is 8.37. The average molecular weight is 436 g/mol. The minimum absolute atomic E-state index is 0.0710. The number of aliphatic hydroxyl groups is 1. The van der Waals surface area contributed by atoms with Gasteiger partial charge in [0, 0.05) is 11.6 Å². The average Bonchev–Trinajstić information content (AvgIpc) is 3.16. The van der Waals surface area contributed by atoms with Crippen LogP contribution in [0.5, 0.6) is 0 Å². The number of esters is 1. The van der Waals surface area contributed by atoms with Crippen molar-refractivity contribution in [3.63, 3.8) is 0 Å². The van der Waals surface area contributed by atoms with Crippen LogP contribution in [-0.2, 0) is 16.1 Å². The third kappa shape index (κ3) is 4.53. The minimum Gasteiger partial charge on any atom is -0.466 e. The molecule has 0 bridgehead atoms. The van der Waals surface area contributed by atoms with Gasteiger partial charge in [-0.2, -0.15) is 0 Å². The minimum atomic E-state index is -0.215. The summed E-state index contributed by atoms with van der Waals surface area (Å²) in [5.74, 6) is 0.0725. The lowest BCUT2D eigenvalue weighted by molar-refractivity contribution is -0.149. The van der Waals surface area contributed by atoms with Gasteiger partial charge < -0.3 is 14.4 Å². The molecule has 3 aromatic rings. The first-order valence-corrected chi connectivity index (χ1v) is 11.2. The second kappa shape index (κ2) is 9.53. The molecule has 32 heavy (non-hydrogen) atoms. The van der Waals surface area contributed by atoms with Gasteiger partial charge in [-0.25, -0.2) is 4.98 Å². The van der Waals surface area contributed by atoms with Gasteiger partial charge in [0.05, 0.1) is 30.2 Å². The molecule has 1 aliphatic carbocycles. The van der Waals surface area contributed by atoms with Crippen LogP contribution < -0.4 is 5.32 Å². The number of nitrogens with one attached hydrogen (secondary N) is 1. The Morgan fingerprint density at radius 3 is 2.62 bits per heavy atom. The summed E-state index contributed by atoms with van der Waals surface area (Å²) in [5.41, 5.74) is 3.98. The van der Waals surface area contributed by atoms with Gasteiger partial charge >= 0.3 is 5.97 Å². The monoisotopic (exact) mass is 435 g/mol. The lowest BCUT2D eigenvalue weighted by Gasteiger charge is -2.29. The number of benzene rings is 2. The van der Waals surface area contributed by atoms with E-state index in [0.29, 0.717) is 18.1 Å². The molecule has 0 saturated heterocycles. The van der Waals surface area contributed by atoms with Crippen LogP contribution >= 0.6 is 0 Å². The van der Waals surface area contributed by atoms with E-state index in [0.717, 1.165) is 47.8 Å². The van der Waals surface area contributed by atoms with E-state index in [-0.39, 0.29) is 30.4 Å². The van der Waals surface area contributed by atoms with E-state index in [1.165, 1.54) is 0 Å². The fourth-order valence-electron chi connectivity index (χ4n) is 4.49. The molecule has 1 fully saturated rings. The maximum Gasteiger partial charge on any atom is 0.308 e. The van der Waals surface area contributed by atoms with Gasteiger partial charge in [0.2, 0.25) is 5.95 Å². The van der Waals surface area contributed by atoms with Gasteiger partial charge in [0.25, 0.3) is 5.91 Å². The molecule has 1 saturated carbocycles. The summed E-state index contributed by atoms with van der Waals surface area (Å²) in [4.78, 5) is 29.8. The number of imidazole rings is 1. The molecule has 0 radical (unpaired) electrons. The first kappa shape index (κ1) is 22.0. The number of fused-ring (bicyclic) bond motifs is 1. The molecule has 168 valence electrons. The topological polar surface area (TPSA) is 93.5 Å². The number of aryl methyl sites for hydroxylation is 1. The van der Waals surface area contributed by atoms with Crippen molar-refractivity contribution in [1.29, 1.82) is 0 Å². The number of ether oxygens (including phenoxy) is 1. The first-order chi connectivity index (χ1) is 15.5. The quantitative estimate of drug-likeness (QED) is 0.561. The van der Waals surface area contributed by atoms with Gasteiger partial charge in [-0.1, -0.05) is 23.8 Å². The van der Waals surface area contributed by atoms with E-state index in [4.69, 9.17) is 9.72 Å². The van der Waals surface area contributed by atoms with Crippen LogP contribution in [0.2, 0.25) is 0 Å². The van der Waals surface area contributed by atoms with Gasteiger partial charge in [0.15, 0.2) is 0 Å². The Bertz CT molecular complexity index is 1130. The number of aromatic nitrogens is 2. The number of carbonyl (C=O) groups is 2. The largest absolute Gasteiger partial charge is 0.466 e. The number of hydrogen-bond donors (Lipinski definition) is 2. The van der Waals surface area contributed by atoms with Crippen molar-refractivity contribution in [1.82, 2.24) is 9.55 Å². The molecular weight excluding hydrogens is 406 g/mol. The third-order valence-electron chi connectivity index (χ3n) is 6.12. The van der Waals surface area contributed by atoms with Gasteiger partial charge in [-0.3, -0.25) is 14.9 Å². The molecule has 1 aliphatic rings. The summed E-state index contributed by atoms with van der Waals surface area (Å²) in [5, 5.41) is 12.5. The highest BCUT2D eigenvalue weighted by molar-refractivity contribution is 6.04. The van der Waals surface area contributed by atoms with Crippen molar-refractivity contribution >= 4 is 28.9 Å². The fourth-order valence-corrected chi connectivity index (χ4v) is 4.49. The summed E-state index contributed by atoms with van der Waals surface area (Å²) < 4.78 is 7.27. The van der Waals surface area contributed by atoms with Gasteiger partial charge in [-0.15, -0.1) is 0 Å². The van der Waals surface area contributed by atoms with E-state index in [1.807, 2.05) is 50.2 Å². The van der Waals surface area contributed by atoms with E-state index in [1.54, 1.807) is 6.07 Å². The van der Waals surface area contributed by atoms with E-state index in [9.17, 15) is 14.7 Å². The van der Waals surface area contributed by atoms with Crippen LogP contribution in [0.15, 0.2) is 42.5 Å². The number of carbonyl (C=O) groups excluding carboxylic acids is 2. The molecule has 2 aromatic carbocycles. The number of anilines is 1. The third-order valence-corrected chi connectivity index (χ3v) is 6.12. The molecule has 4 rings (SSSR count). The first-order valence-electron chi connectivity index (χ1n) is 11.2. The number of rotatable bonds is 6. The number of amides is 1. The van der Waals surface area contributed by atoms with Gasteiger partial charge in [-0.05, 0) is 69.4 Å². The molecule has 2 N–H and O–H groups in total. The highest BCUT2D eigenvalue weighted by Gasteiger charge is 2.30. The zero-order chi connectivity index (χ0) is 22.7. The van der Waals surface area contributed by atoms with E-state index >= 15 is 0 Å². The number of nitrogens with zero attached hydrogens (tertiary/aromatic N) is 2. The van der Waals surface area contributed by atoms with Crippen molar-refractivity contribution < 1.29 is 19.4 Å². The SMILES string of the molecule is CCOC(=O)C1CCC(n2c(NC(=O)c3cccc(C)c3)nc3cc(CO)ccc32)CC1. The van der Waals surface area contributed by atoms with Crippen LogP contribution in [0, 0.1) is 12.8 Å². The van der Waals surface area contributed by atoms with Crippen LogP contribution in [0.4, 0.5) is 5.95 Å². The fraction of sp³-hybridized carbons (Fsp3) is 0.400. The second-order valence-corrected chi connectivity index (χ2v) is 8.37. The molecule has 7 nitrogen and oxygen atoms in total. The maximum absolute atomic E-state index is 12.9. The summed E-state index contributed by atoms with van der Waals surface area (Å²) in [7, 11) is 0. The summed E-state index contributed by atoms with van der Waals surface area (Å²) >= 11 is 0. The highest BCUT2D eigenvalue weighted by Crippen LogP contribution is 2.37. The Labute approximate surface area is 187 Å². The maximum atomic E-state index is 12.9. The van der Waals surface area contributed by atoms with Crippen molar-refractivity contribution in [2.45, 2.75) is 52.2 Å². The van der Waals surface area contributed by atoms with Crippen LogP contribution in [0.1, 0.15) is 60.1 Å². The van der Waals surface area contributed by atoms with E-state index < -0.39 is 0 Å². The summed E-state index contributed by atoms with van der Waals surface area (Å²) in [6, 6.07) is 13.2. The molecule has 0 spiro atoms. The molecule has 0 atom stereocenters. The van der Waals surface area contributed by atoms with Crippen molar-refractivity contribution in [3.8, 4) is 0 Å². The van der Waals surface area contributed by atoms with Crippen LogP contribution in [-0.4, -0.2) is 33.1 Å². The molecule has 0 unspecified atom stereocenters. The molecule has 7 heteroatoms. The van der Waals surface area contributed by atoms with Crippen molar-refractivity contribution in [3.05, 3.63) is 59.2 Å². The smallest absolute Gasteiger partial charge is 0.308 e. The Balaban J connectivity index is 1.64. The Hall–Kier alpha value is -3.19. The van der Waals surface area contributed by atoms with Crippen molar-refractivity contribution in [2.75, 3.05) is 11.9 Å². The Morgan fingerprint density at radius 2 is 1.94 bits per heavy atom. The lowest BCUT2D eigenvalue weighted by Crippen LogP contribution is -2.26. The van der Waals surface area contributed by atoms with Crippen LogP contribution in [0.25, 0.3) is 11.0 Å². The molecular formula is C25H29N3O4. The zero-order valence-electron chi connectivity index (χ0n) is 18.5. The summed E-state index contributed by atoms with van der Waals surface area (Å²) in [6.07, 6.45) is 3.07. The molecule has 1 heterocycles. The van der Waals surface area contributed by atoms with Gasteiger partial charge in [0.1, 0.15) is 0 Å². The van der Waals surface area contributed by atoms with Crippen LogP contribution in [0.3, 0.4) is 0 Å². The predicted octanol–water partition coefficient (Wildman–Crippen LogP) is 4.38. The zero-order valence-corrected chi connectivity index (χ0v) is 18.5. The normalized spacial score (nSPS) is 18.5. The Morgan fingerprint density at radius 1 is 1.16 bits per heavy atom. The molecule has 0 aliphatic heterocycles. The number of hydrogen-bond acceptors (Lipinski definition) is 5. The highest BCUT2D eigenvalue weighted by atomic mass is 16.5. The Kier molecular flexibility index (Phi) is 6.55. The summed E-state index contributed by atoms with van der Waals surface area (Å²) in [6.45, 7) is 4.10. The molecule has 1 aromatic heterocycles. The van der Waals surface area contributed by atoms with E-state index in [2.05, 4.69) is 9.88 Å². The molecule has 1 amide bonds. The van der Waals surface area contributed by atoms with Crippen molar-refractivity contribution in [2.24, 2.45) is 5.92 Å². The number of aliphatic hydroxyl groups excluding tert-OH is 1. The lowest BCUT2D eigenvalue weighted by atomic mass is 9.86.